The van der Waals surface area contributed by atoms with Gasteiger partial charge in [-0.2, -0.15) is 0 Å². The van der Waals surface area contributed by atoms with E-state index in [-0.39, 0.29) is 18.8 Å². The van der Waals surface area contributed by atoms with Gasteiger partial charge in [-0.1, -0.05) is 69.4 Å². The Morgan fingerprint density at radius 1 is 1.20 bits per heavy atom. The van der Waals surface area contributed by atoms with Crippen LogP contribution in [0.4, 0.5) is 4.79 Å². The molecule has 0 spiro atoms. The smallest absolute Gasteiger partial charge is 0.412 e. The quantitative estimate of drug-likeness (QED) is 0.659. The molecule has 6 nitrogen and oxygen atoms in total. The molecule has 1 aliphatic heterocycles. The second-order valence-electron chi connectivity index (χ2n) is 9.30. The number of benzene rings is 1. The van der Waals surface area contributed by atoms with E-state index in [0.29, 0.717) is 12.3 Å². The summed E-state index contributed by atoms with van der Waals surface area (Å²) < 4.78 is 11.9. The average molecular weight is 418 g/mol. The first-order valence-electron chi connectivity index (χ1n) is 11.2. The molecule has 1 unspecified atom stereocenters. The van der Waals surface area contributed by atoms with E-state index in [1.807, 2.05) is 44.2 Å². The summed E-state index contributed by atoms with van der Waals surface area (Å²) in [5.41, 5.74) is 0.0966. The highest BCUT2D eigenvalue weighted by Crippen LogP contribution is 2.40. The Hall–Kier alpha value is -2.08. The van der Waals surface area contributed by atoms with Crippen LogP contribution in [-0.2, 0) is 20.9 Å². The summed E-state index contributed by atoms with van der Waals surface area (Å²) in [5, 5.41) is 9.40. The lowest BCUT2D eigenvalue weighted by Gasteiger charge is -2.35. The molecule has 0 radical (unpaired) electrons. The number of rotatable bonds is 7. The molecule has 3 atom stereocenters. The Kier molecular flexibility index (Phi) is 7.40. The van der Waals surface area contributed by atoms with Gasteiger partial charge >= 0.3 is 12.1 Å². The van der Waals surface area contributed by atoms with Crippen molar-refractivity contribution in [1.82, 2.24) is 4.90 Å². The number of carbonyl (C=O) groups excluding carboxylic acids is 1. The zero-order valence-corrected chi connectivity index (χ0v) is 18.4. The number of aliphatic carboxylic acids is 1. The van der Waals surface area contributed by atoms with Gasteiger partial charge in [-0.05, 0) is 38.2 Å². The summed E-state index contributed by atoms with van der Waals surface area (Å²) in [6.07, 6.45) is 6.54. The Labute approximate surface area is 179 Å². The standard InChI is InChI=1S/C24H35NO5/c1-17(22(26)27)14-21-20(15-18-10-6-4-7-11-18)25(24(2,3)30-21)23(28)29-16-19-12-8-5-9-13-19/h5,8-9,12-13,17-18,20-21H,4,6-7,10-11,14-16H2,1-3H3,(H,26,27)/t17?,20-,21-/m0/s1. The number of hydrogen-bond donors (Lipinski definition) is 1. The molecule has 0 aromatic heterocycles. The van der Waals surface area contributed by atoms with E-state index in [1.54, 1.807) is 11.8 Å². The van der Waals surface area contributed by atoms with Crippen LogP contribution in [-0.4, -0.2) is 39.9 Å². The molecule has 1 saturated carbocycles. The molecule has 1 amide bonds. The molecule has 30 heavy (non-hydrogen) atoms. The van der Waals surface area contributed by atoms with Crippen molar-refractivity contribution in [2.45, 2.75) is 90.2 Å². The fraction of sp³-hybridized carbons (Fsp3) is 0.667. The highest BCUT2D eigenvalue weighted by atomic mass is 16.6. The van der Waals surface area contributed by atoms with Crippen molar-refractivity contribution >= 4 is 12.1 Å². The molecule has 2 fully saturated rings. The molecule has 6 heteroatoms. The maximum atomic E-state index is 13.2. The lowest BCUT2D eigenvalue weighted by Crippen LogP contribution is -2.49. The summed E-state index contributed by atoms with van der Waals surface area (Å²) in [6, 6.07) is 9.44. The van der Waals surface area contributed by atoms with Gasteiger partial charge in [0.2, 0.25) is 0 Å². The molecule has 1 heterocycles. The van der Waals surface area contributed by atoms with E-state index in [1.165, 1.54) is 19.3 Å². The number of carboxylic acids is 1. The highest BCUT2D eigenvalue weighted by Gasteiger charge is 2.51. The molecule has 1 aromatic carbocycles. The largest absolute Gasteiger partial charge is 0.481 e. The van der Waals surface area contributed by atoms with Crippen molar-refractivity contribution in [3.8, 4) is 0 Å². The molecular formula is C24H35NO5. The first kappa shape index (κ1) is 22.6. The van der Waals surface area contributed by atoms with Crippen molar-refractivity contribution in [2.24, 2.45) is 11.8 Å². The molecule has 1 saturated heterocycles. The second-order valence-corrected chi connectivity index (χ2v) is 9.30. The number of ether oxygens (including phenoxy) is 2. The van der Waals surface area contributed by atoms with Crippen molar-refractivity contribution in [1.29, 1.82) is 0 Å². The number of carbonyl (C=O) groups is 2. The van der Waals surface area contributed by atoms with E-state index in [4.69, 9.17) is 9.47 Å². The SMILES string of the molecule is CC(C[C@@H]1OC(C)(C)N(C(=O)OCc2ccccc2)[C@H]1CC1CCCCC1)C(=O)O. The van der Waals surface area contributed by atoms with Crippen LogP contribution in [0, 0.1) is 11.8 Å². The maximum absolute atomic E-state index is 13.2. The van der Waals surface area contributed by atoms with Gasteiger partial charge in [0.05, 0.1) is 18.1 Å². The summed E-state index contributed by atoms with van der Waals surface area (Å²) >= 11 is 0. The van der Waals surface area contributed by atoms with Gasteiger partial charge in [0.15, 0.2) is 0 Å². The molecule has 0 bridgehead atoms. The predicted molar refractivity (Wildman–Crippen MR) is 114 cm³/mol. The highest BCUT2D eigenvalue weighted by molar-refractivity contribution is 5.70. The van der Waals surface area contributed by atoms with Crippen molar-refractivity contribution in [3.05, 3.63) is 35.9 Å². The van der Waals surface area contributed by atoms with Crippen LogP contribution < -0.4 is 0 Å². The Morgan fingerprint density at radius 3 is 2.50 bits per heavy atom. The third-order valence-corrected chi connectivity index (χ3v) is 6.49. The maximum Gasteiger partial charge on any atom is 0.412 e. The van der Waals surface area contributed by atoms with Crippen LogP contribution in [0.15, 0.2) is 30.3 Å². The molecule has 3 rings (SSSR count). The number of amides is 1. The Balaban J connectivity index is 1.76. The van der Waals surface area contributed by atoms with Crippen molar-refractivity contribution < 1.29 is 24.2 Å². The topological polar surface area (TPSA) is 76.1 Å². The van der Waals surface area contributed by atoms with Crippen LogP contribution in [0.1, 0.15) is 71.3 Å². The molecule has 1 aromatic rings. The number of carboxylic acid groups (broad SMARTS) is 1. The molecule has 1 aliphatic carbocycles. The van der Waals surface area contributed by atoms with Gasteiger partial charge in [-0.25, -0.2) is 4.79 Å². The zero-order chi connectivity index (χ0) is 21.7. The Bertz CT molecular complexity index is 714. The van der Waals surface area contributed by atoms with Crippen LogP contribution in [0.25, 0.3) is 0 Å². The van der Waals surface area contributed by atoms with Crippen LogP contribution in [0.2, 0.25) is 0 Å². The first-order chi connectivity index (χ1) is 14.3. The minimum absolute atomic E-state index is 0.173. The normalized spacial score (nSPS) is 25.1. The van der Waals surface area contributed by atoms with Gasteiger partial charge in [-0.3, -0.25) is 9.69 Å². The van der Waals surface area contributed by atoms with E-state index >= 15 is 0 Å². The second kappa shape index (κ2) is 9.82. The monoisotopic (exact) mass is 417 g/mol. The number of hydrogen-bond acceptors (Lipinski definition) is 4. The Morgan fingerprint density at radius 2 is 1.87 bits per heavy atom. The summed E-state index contributed by atoms with van der Waals surface area (Å²) in [5.74, 6) is -0.828. The minimum atomic E-state index is -0.837. The number of nitrogens with zero attached hydrogens (tertiary/aromatic N) is 1. The van der Waals surface area contributed by atoms with E-state index in [2.05, 4.69) is 0 Å². The van der Waals surface area contributed by atoms with E-state index in [0.717, 1.165) is 24.8 Å². The van der Waals surface area contributed by atoms with Gasteiger partial charge in [0.1, 0.15) is 12.3 Å². The summed E-state index contributed by atoms with van der Waals surface area (Å²) in [7, 11) is 0. The fourth-order valence-electron chi connectivity index (χ4n) is 4.89. The summed E-state index contributed by atoms with van der Waals surface area (Å²) in [4.78, 5) is 26.3. The predicted octanol–water partition coefficient (Wildman–Crippen LogP) is 5.21. The van der Waals surface area contributed by atoms with Crippen LogP contribution >= 0.6 is 0 Å². The van der Waals surface area contributed by atoms with E-state index in [9.17, 15) is 14.7 Å². The third kappa shape index (κ3) is 5.54. The van der Waals surface area contributed by atoms with Gasteiger partial charge in [0, 0.05) is 0 Å². The zero-order valence-electron chi connectivity index (χ0n) is 18.4. The van der Waals surface area contributed by atoms with Crippen molar-refractivity contribution in [3.63, 3.8) is 0 Å². The molecule has 166 valence electrons. The van der Waals surface area contributed by atoms with Gasteiger partial charge < -0.3 is 14.6 Å². The van der Waals surface area contributed by atoms with Crippen LogP contribution in [0.5, 0.6) is 0 Å². The van der Waals surface area contributed by atoms with Gasteiger partial charge in [0.25, 0.3) is 0 Å². The van der Waals surface area contributed by atoms with E-state index < -0.39 is 23.7 Å². The lowest BCUT2D eigenvalue weighted by molar-refractivity contribution is -0.143. The first-order valence-corrected chi connectivity index (χ1v) is 11.2. The van der Waals surface area contributed by atoms with Crippen molar-refractivity contribution in [2.75, 3.05) is 0 Å². The van der Waals surface area contributed by atoms with Crippen LogP contribution in [0.3, 0.4) is 0 Å². The lowest BCUT2D eigenvalue weighted by atomic mass is 9.82. The molecular weight excluding hydrogens is 382 g/mol. The third-order valence-electron chi connectivity index (χ3n) is 6.49. The molecule has 1 N–H and O–H groups in total. The minimum Gasteiger partial charge on any atom is -0.481 e. The average Bonchev–Trinajstić information content (AvgIpc) is 2.96. The summed E-state index contributed by atoms with van der Waals surface area (Å²) in [6.45, 7) is 5.65. The molecule has 2 aliphatic rings. The van der Waals surface area contributed by atoms with Gasteiger partial charge in [-0.15, -0.1) is 0 Å². The fourth-order valence-corrected chi connectivity index (χ4v) is 4.89.